The summed E-state index contributed by atoms with van der Waals surface area (Å²) in [6.45, 7) is 7.82. The quantitative estimate of drug-likeness (QED) is 0.782. The lowest BCUT2D eigenvalue weighted by atomic mass is 9.96. The van der Waals surface area contributed by atoms with E-state index in [2.05, 4.69) is 16.9 Å². The van der Waals surface area contributed by atoms with E-state index in [9.17, 15) is 9.32 Å². The Hall–Kier alpha value is -1.49. The van der Waals surface area contributed by atoms with Crippen LogP contribution in [0.5, 0.6) is 0 Å². The molecule has 2 aromatic rings. The van der Waals surface area contributed by atoms with E-state index in [0.29, 0.717) is 6.42 Å². The van der Waals surface area contributed by atoms with Gasteiger partial charge in [0.15, 0.2) is 0 Å². The van der Waals surface area contributed by atoms with Crippen molar-refractivity contribution >= 4 is 11.0 Å². The van der Waals surface area contributed by atoms with Crippen LogP contribution in [0.15, 0.2) is 54.6 Å². The van der Waals surface area contributed by atoms with E-state index < -0.39 is 17.1 Å². The number of benzene rings is 2. The molecule has 0 fully saturated rings. The van der Waals surface area contributed by atoms with Crippen molar-refractivity contribution in [1.29, 1.82) is 0 Å². The molecule has 1 unspecified atom stereocenters. The highest BCUT2D eigenvalue weighted by atomic mass is 32.2. The highest BCUT2D eigenvalue weighted by Gasteiger charge is 2.27. The Morgan fingerprint density at radius 2 is 1.64 bits per heavy atom. The smallest absolute Gasteiger partial charge is 0.0976 e. The normalized spacial score (nSPS) is 15.6. The fraction of sp³-hybridized carbons (Fsp3) is 0.429. The van der Waals surface area contributed by atoms with Crippen molar-refractivity contribution < 1.29 is 9.32 Å². The summed E-state index contributed by atoms with van der Waals surface area (Å²) in [7, 11) is -1.25. The van der Waals surface area contributed by atoms with Gasteiger partial charge in [-0.05, 0) is 51.7 Å². The number of aryl methyl sites for hydroxylation is 2. The monoisotopic (exact) mass is 359 g/mol. The number of nitrogens with one attached hydrogen (secondary N) is 1. The van der Waals surface area contributed by atoms with Crippen molar-refractivity contribution in [1.82, 2.24) is 4.72 Å². The molecule has 0 bridgehead atoms. The third kappa shape index (κ3) is 6.07. The number of hydrogen-bond donors (Lipinski definition) is 2. The number of aliphatic hydroxyl groups excluding tert-OH is 1. The summed E-state index contributed by atoms with van der Waals surface area (Å²) in [6.07, 6.45) is 0.777. The van der Waals surface area contributed by atoms with Gasteiger partial charge >= 0.3 is 0 Å². The van der Waals surface area contributed by atoms with Crippen LogP contribution in [-0.2, 0) is 17.4 Å². The fourth-order valence-corrected chi connectivity index (χ4v) is 3.44. The Bertz CT molecular complexity index is 677. The second kappa shape index (κ2) is 8.75. The summed E-state index contributed by atoms with van der Waals surface area (Å²) in [6, 6.07) is 17.8. The Balaban J connectivity index is 2.15. The van der Waals surface area contributed by atoms with Gasteiger partial charge in [-0.15, -0.1) is 0 Å². The Morgan fingerprint density at radius 1 is 1.04 bits per heavy atom. The minimum absolute atomic E-state index is 0.357. The molecule has 0 saturated carbocycles. The van der Waals surface area contributed by atoms with Crippen LogP contribution in [0.25, 0.3) is 0 Å². The Labute approximate surface area is 154 Å². The molecule has 2 rings (SSSR count). The van der Waals surface area contributed by atoms with Gasteiger partial charge in [0.2, 0.25) is 0 Å². The second-order valence-corrected chi connectivity index (χ2v) is 9.48. The van der Waals surface area contributed by atoms with Gasteiger partial charge in [0.25, 0.3) is 0 Å². The summed E-state index contributed by atoms with van der Waals surface area (Å²) in [4.78, 5) is 0. The topological polar surface area (TPSA) is 49.3 Å². The summed E-state index contributed by atoms with van der Waals surface area (Å²) < 4.78 is 15.3. The van der Waals surface area contributed by atoms with Gasteiger partial charge in [0.05, 0.1) is 27.9 Å². The Morgan fingerprint density at radius 3 is 2.20 bits per heavy atom. The number of aliphatic hydroxyl groups is 1. The third-order valence-electron chi connectivity index (χ3n) is 4.18. The van der Waals surface area contributed by atoms with Crippen molar-refractivity contribution in [2.24, 2.45) is 0 Å². The molecule has 25 heavy (non-hydrogen) atoms. The van der Waals surface area contributed by atoms with Crippen LogP contribution in [0.2, 0.25) is 0 Å². The lowest BCUT2D eigenvalue weighted by molar-refractivity contribution is 0.129. The van der Waals surface area contributed by atoms with Crippen molar-refractivity contribution in [3.05, 3.63) is 71.3 Å². The highest BCUT2D eigenvalue weighted by molar-refractivity contribution is 7.84. The molecule has 3 atom stereocenters. The van der Waals surface area contributed by atoms with Crippen LogP contribution in [0.3, 0.4) is 0 Å². The Kier molecular flexibility index (Phi) is 6.94. The van der Waals surface area contributed by atoms with Gasteiger partial charge in [-0.3, -0.25) is 0 Å². The minimum Gasteiger partial charge on any atom is -0.391 e. The van der Waals surface area contributed by atoms with E-state index in [-0.39, 0.29) is 10.8 Å². The van der Waals surface area contributed by atoms with E-state index in [1.165, 1.54) is 11.1 Å². The summed E-state index contributed by atoms with van der Waals surface area (Å²) >= 11 is 0. The van der Waals surface area contributed by atoms with Gasteiger partial charge in [-0.2, -0.15) is 0 Å². The number of rotatable bonds is 7. The number of hydrogen-bond acceptors (Lipinski definition) is 2. The molecule has 0 saturated heterocycles. The van der Waals surface area contributed by atoms with Crippen LogP contribution in [-0.4, -0.2) is 20.2 Å². The van der Waals surface area contributed by atoms with Crippen LogP contribution >= 0.6 is 0 Å². The van der Waals surface area contributed by atoms with Crippen LogP contribution in [0, 0.1) is 6.92 Å². The average Bonchev–Trinajstić information content (AvgIpc) is 2.58. The van der Waals surface area contributed by atoms with Crippen LogP contribution < -0.4 is 4.72 Å². The minimum atomic E-state index is -1.25. The van der Waals surface area contributed by atoms with E-state index in [1.807, 2.05) is 70.2 Å². The van der Waals surface area contributed by atoms with Gasteiger partial charge in [-0.25, -0.2) is 8.93 Å². The van der Waals surface area contributed by atoms with Crippen molar-refractivity contribution in [2.45, 2.75) is 57.4 Å². The van der Waals surface area contributed by atoms with E-state index in [0.717, 1.165) is 12.0 Å². The lowest BCUT2D eigenvalue weighted by Crippen LogP contribution is -2.40. The zero-order valence-corrected chi connectivity index (χ0v) is 16.3. The molecule has 0 aliphatic rings. The maximum Gasteiger partial charge on any atom is 0.0976 e. The summed E-state index contributed by atoms with van der Waals surface area (Å²) in [5.74, 6) is 0. The molecule has 0 radical (unpaired) electrons. The van der Waals surface area contributed by atoms with Crippen molar-refractivity contribution in [3.63, 3.8) is 0 Å². The standard InChI is InChI=1S/C21H29NO2S/c1-16-10-13-18(14-11-16)20(22-25(24)21(2,3)4)19(23)15-12-17-8-6-5-7-9-17/h5-11,13-14,19-20,22-23H,12,15H2,1-4H3/t19-,20+,25?/m1/s1. The molecule has 136 valence electrons. The first-order valence-corrected chi connectivity index (χ1v) is 9.89. The summed E-state index contributed by atoms with van der Waals surface area (Å²) in [5.41, 5.74) is 3.32. The van der Waals surface area contributed by atoms with E-state index in [4.69, 9.17) is 0 Å². The molecular formula is C21H29NO2S. The maximum absolute atomic E-state index is 12.6. The van der Waals surface area contributed by atoms with Gasteiger partial charge in [-0.1, -0.05) is 60.2 Å². The lowest BCUT2D eigenvalue weighted by Gasteiger charge is -2.28. The highest BCUT2D eigenvalue weighted by Crippen LogP contribution is 2.24. The fourth-order valence-electron chi connectivity index (χ4n) is 2.56. The second-order valence-electron chi connectivity index (χ2n) is 7.48. The predicted octanol–water partition coefficient (Wildman–Crippen LogP) is 4.08. The molecule has 3 nitrogen and oxygen atoms in total. The zero-order chi connectivity index (χ0) is 18.4. The first-order valence-electron chi connectivity index (χ1n) is 8.74. The molecule has 0 heterocycles. The maximum atomic E-state index is 12.6. The zero-order valence-electron chi connectivity index (χ0n) is 15.5. The van der Waals surface area contributed by atoms with Crippen LogP contribution in [0.1, 0.15) is 49.9 Å². The molecule has 2 aromatic carbocycles. The molecular weight excluding hydrogens is 330 g/mol. The molecule has 0 spiro atoms. The van der Waals surface area contributed by atoms with Gasteiger partial charge < -0.3 is 5.11 Å². The molecule has 4 heteroatoms. The van der Waals surface area contributed by atoms with Crippen molar-refractivity contribution in [2.75, 3.05) is 0 Å². The molecule has 0 amide bonds. The van der Waals surface area contributed by atoms with E-state index in [1.54, 1.807) is 0 Å². The first-order chi connectivity index (χ1) is 11.8. The molecule has 2 N–H and O–H groups in total. The molecule has 0 aromatic heterocycles. The largest absolute Gasteiger partial charge is 0.391 e. The molecule has 0 aliphatic carbocycles. The third-order valence-corrected chi connectivity index (χ3v) is 5.76. The van der Waals surface area contributed by atoms with Crippen LogP contribution in [0.4, 0.5) is 0 Å². The average molecular weight is 360 g/mol. The SMILES string of the molecule is Cc1ccc([C@H](NS(=O)C(C)(C)C)[C@H](O)CCc2ccccc2)cc1. The first kappa shape index (κ1) is 19.8. The van der Waals surface area contributed by atoms with Gasteiger partial charge in [0.1, 0.15) is 0 Å². The van der Waals surface area contributed by atoms with E-state index >= 15 is 0 Å². The van der Waals surface area contributed by atoms with Crippen molar-refractivity contribution in [3.8, 4) is 0 Å². The summed E-state index contributed by atoms with van der Waals surface area (Å²) in [5, 5.41) is 10.8. The molecule has 0 aliphatic heterocycles. The predicted molar refractivity (Wildman–Crippen MR) is 106 cm³/mol. The van der Waals surface area contributed by atoms with Gasteiger partial charge in [0, 0.05) is 0 Å².